The van der Waals surface area contributed by atoms with Gasteiger partial charge in [-0.3, -0.25) is 4.79 Å². The summed E-state index contributed by atoms with van der Waals surface area (Å²) in [5.74, 6) is 1.12. The molecule has 0 radical (unpaired) electrons. The first-order valence-corrected chi connectivity index (χ1v) is 8.82. The van der Waals surface area contributed by atoms with Crippen molar-refractivity contribution in [2.75, 3.05) is 0 Å². The largest absolute Gasteiger partial charge is 0.462 e. The molecule has 0 spiro atoms. The van der Waals surface area contributed by atoms with Crippen LogP contribution in [0.5, 0.6) is 0 Å². The minimum absolute atomic E-state index is 0.0264. The molecule has 0 aliphatic heterocycles. The summed E-state index contributed by atoms with van der Waals surface area (Å²) in [6.45, 7) is 15.4. The molecule has 0 N–H and O–H groups in total. The van der Waals surface area contributed by atoms with Crippen LogP contribution in [0.4, 0.5) is 0 Å². The molecular formula is C19H36O2. The maximum absolute atomic E-state index is 12.6. The van der Waals surface area contributed by atoms with Crippen LogP contribution in [0.3, 0.4) is 0 Å². The van der Waals surface area contributed by atoms with Crippen LogP contribution >= 0.6 is 0 Å². The van der Waals surface area contributed by atoms with Crippen molar-refractivity contribution in [1.29, 1.82) is 0 Å². The summed E-state index contributed by atoms with van der Waals surface area (Å²) in [5, 5.41) is 0. The molecule has 1 aliphatic carbocycles. The van der Waals surface area contributed by atoms with Gasteiger partial charge in [0.05, 0.1) is 5.41 Å². The van der Waals surface area contributed by atoms with Gasteiger partial charge >= 0.3 is 5.97 Å². The molecule has 1 aliphatic rings. The van der Waals surface area contributed by atoms with Crippen LogP contribution in [0.15, 0.2) is 0 Å². The first-order chi connectivity index (χ1) is 9.61. The van der Waals surface area contributed by atoms with E-state index < -0.39 is 0 Å². The van der Waals surface area contributed by atoms with E-state index in [0.29, 0.717) is 11.3 Å². The van der Waals surface area contributed by atoms with Crippen molar-refractivity contribution in [3.8, 4) is 0 Å². The molecule has 0 aromatic heterocycles. The number of carbonyl (C=O) groups excluding carboxylic acids is 1. The van der Waals surface area contributed by atoms with Crippen LogP contribution in [0, 0.1) is 22.7 Å². The molecule has 0 aromatic carbocycles. The quantitative estimate of drug-likeness (QED) is 0.617. The monoisotopic (exact) mass is 296 g/mol. The van der Waals surface area contributed by atoms with Crippen molar-refractivity contribution in [3.63, 3.8) is 0 Å². The Morgan fingerprint density at radius 2 is 1.62 bits per heavy atom. The van der Waals surface area contributed by atoms with Gasteiger partial charge in [0, 0.05) is 0 Å². The SMILES string of the molecule is CCC[C@](C)(C(=O)OC1CCC(C(C)(C)C)CC1)C(C)C. The van der Waals surface area contributed by atoms with Gasteiger partial charge in [-0.1, -0.05) is 48.0 Å². The smallest absolute Gasteiger partial charge is 0.312 e. The molecule has 1 rings (SSSR count). The standard InChI is InChI=1S/C19H36O2/c1-8-13-19(7,14(2)3)17(20)21-16-11-9-15(10-12-16)18(4,5)6/h14-16H,8-13H2,1-7H3/t15?,16?,19-/m0/s1. The molecule has 1 fully saturated rings. The maximum atomic E-state index is 12.6. The summed E-state index contributed by atoms with van der Waals surface area (Å²) < 4.78 is 5.89. The normalized spacial score (nSPS) is 26.5. The first-order valence-electron chi connectivity index (χ1n) is 8.82. The van der Waals surface area contributed by atoms with Gasteiger partial charge in [-0.2, -0.15) is 0 Å². The Morgan fingerprint density at radius 1 is 1.10 bits per heavy atom. The van der Waals surface area contributed by atoms with E-state index in [4.69, 9.17) is 4.74 Å². The summed E-state index contributed by atoms with van der Waals surface area (Å²) in [6, 6.07) is 0. The van der Waals surface area contributed by atoms with Gasteiger partial charge in [0.25, 0.3) is 0 Å². The van der Waals surface area contributed by atoms with Crippen LogP contribution < -0.4 is 0 Å². The predicted molar refractivity (Wildman–Crippen MR) is 89.1 cm³/mol. The minimum Gasteiger partial charge on any atom is -0.462 e. The van der Waals surface area contributed by atoms with E-state index in [9.17, 15) is 4.79 Å². The third-order valence-corrected chi connectivity index (χ3v) is 5.68. The van der Waals surface area contributed by atoms with Crippen LogP contribution in [0.25, 0.3) is 0 Å². The van der Waals surface area contributed by atoms with Gasteiger partial charge in [0.1, 0.15) is 6.10 Å². The fourth-order valence-corrected chi connectivity index (χ4v) is 3.48. The summed E-state index contributed by atoms with van der Waals surface area (Å²) in [5.41, 5.74) is 0.0548. The lowest BCUT2D eigenvalue weighted by Crippen LogP contribution is -2.38. The highest BCUT2D eigenvalue weighted by Crippen LogP contribution is 2.40. The molecule has 0 amide bonds. The van der Waals surface area contributed by atoms with Crippen molar-refractivity contribution in [3.05, 3.63) is 0 Å². The van der Waals surface area contributed by atoms with E-state index in [1.54, 1.807) is 0 Å². The van der Waals surface area contributed by atoms with E-state index in [-0.39, 0.29) is 17.5 Å². The Hall–Kier alpha value is -0.530. The molecule has 0 saturated heterocycles. The third kappa shape index (κ3) is 4.72. The molecule has 2 heteroatoms. The van der Waals surface area contributed by atoms with Crippen LogP contribution in [-0.2, 0) is 9.53 Å². The zero-order valence-corrected chi connectivity index (χ0v) is 15.3. The molecule has 0 heterocycles. The number of rotatable bonds is 5. The first kappa shape index (κ1) is 18.5. The topological polar surface area (TPSA) is 26.3 Å². The van der Waals surface area contributed by atoms with E-state index in [1.165, 1.54) is 12.8 Å². The molecular weight excluding hydrogens is 260 g/mol. The van der Waals surface area contributed by atoms with Crippen molar-refractivity contribution in [2.24, 2.45) is 22.7 Å². The van der Waals surface area contributed by atoms with E-state index in [2.05, 4.69) is 48.5 Å². The zero-order valence-electron chi connectivity index (χ0n) is 15.3. The fourth-order valence-electron chi connectivity index (χ4n) is 3.48. The second kappa shape index (κ2) is 7.15. The van der Waals surface area contributed by atoms with Gasteiger partial charge in [-0.05, 0) is 56.3 Å². The molecule has 0 unspecified atom stereocenters. The zero-order chi connectivity index (χ0) is 16.3. The van der Waals surface area contributed by atoms with Crippen molar-refractivity contribution in [2.45, 2.75) is 93.1 Å². The second-order valence-corrected chi connectivity index (χ2v) is 8.57. The minimum atomic E-state index is -0.324. The van der Waals surface area contributed by atoms with Crippen LogP contribution in [0.1, 0.15) is 87.0 Å². The average Bonchev–Trinajstić information content (AvgIpc) is 2.38. The second-order valence-electron chi connectivity index (χ2n) is 8.57. The molecule has 21 heavy (non-hydrogen) atoms. The summed E-state index contributed by atoms with van der Waals surface area (Å²) in [6.07, 6.45) is 6.54. The number of hydrogen-bond donors (Lipinski definition) is 0. The van der Waals surface area contributed by atoms with Gasteiger partial charge in [0.2, 0.25) is 0 Å². The van der Waals surface area contributed by atoms with Crippen LogP contribution in [-0.4, -0.2) is 12.1 Å². The van der Waals surface area contributed by atoms with Crippen molar-refractivity contribution >= 4 is 5.97 Å². The summed E-state index contributed by atoms with van der Waals surface area (Å²) in [4.78, 5) is 12.6. The highest BCUT2D eigenvalue weighted by molar-refractivity contribution is 5.76. The Balaban J connectivity index is 2.57. The van der Waals surface area contributed by atoms with Crippen molar-refractivity contribution in [1.82, 2.24) is 0 Å². The third-order valence-electron chi connectivity index (χ3n) is 5.68. The number of hydrogen-bond acceptors (Lipinski definition) is 2. The fraction of sp³-hybridized carbons (Fsp3) is 0.947. The maximum Gasteiger partial charge on any atom is 0.312 e. The van der Waals surface area contributed by atoms with Gasteiger partial charge in [-0.25, -0.2) is 0 Å². The van der Waals surface area contributed by atoms with Gasteiger partial charge in [-0.15, -0.1) is 0 Å². The van der Waals surface area contributed by atoms with E-state index in [0.717, 1.165) is 31.6 Å². The van der Waals surface area contributed by atoms with E-state index in [1.807, 2.05) is 0 Å². The molecule has 1 saturated carbocycles. The van der Waals surface area contributed by atoms with Gasteiger partial charge in [0.15, 0.2) is 0 Å². The molecule has 0 bridgehead atoms. The Labute approximate surface area is 132 Å². The molecule has 2 nitrogen and oxygen atoms in total. The highest BCUT2D eigenvalue weighted by Gasteiger charge is 2.39. The molecule has 0 aromatic rings. The lowest BCUT2D eigenvalue weighted by atomic mass is 9.71. The predicted octanol–water partition coefficient (Wildman–Crippen LogP) is 5.60. The van der Waals surface area contributed by atoms with E-state index >= 15 is 0 Å². The average molecular weight is 296 g/mol. The Morgan fingerprint density at radius 3 is 2.00 bits per heavy atom. The van der Waals surface area contributed by atoms with Gasteiger partial charge < -0.3 is 4.74 Å². The summed E-state index contributed by atoms with van der Waals surface area (Å²) >= 11 is 0. The molecule has 124 valence electrons. The molecule has 1 atom stereocenters. The lowest BCUT2D eigenvalue weighted by Gasteiger charge is -2.38. The highest BCUT2D eigenvalue weighted by atomic mass is 16.5. The number of esters is 1. The Bertz CT molecular complexity index is 332. The van der Waals surface area contributed by atoms with Crippen LogP contribution in [0.2, 0.25) is 0 Å². The Kier molecular flexibility index (Phi) is 6.31. The summed E-state index contributed by atoms with van der Waals surface area (Å²) in [7, 11) is 0. The number of ether oxygens (including phenoxy) is 1. The lowest BCUT2D eigenvalue weighted by molar-refractivity contribution is -0.166. The number of carbonyl (C=O) groups is 1. The van der Waals surface area contributed by atoms with Crippen molar-refractivity contribution < 1.29 is 9.53 Å².